The van der Waals surface area contributed by atoms with E-state index in [1.807, 2.05) is 11.4 Å². The van der Waals surface area contributed by atoms with Crippen LogP contribution in [0.2, 0.25) is 0 Å². The molecule has 6 heteroatoms. The molecule has 2 aromatic heterocycles. The van der Waals surface area contributed by atoms with E-state index in [0.717, 1.165) is 35.4 Å². The smallest absolute Gasteiger partial charge is 0.316 e. The van der Waals surface area contributed by atoms with Crippen LogP contribution in [0.25, 0.3) is 10.4 Å². The van der Waals surface area contributed by atoms with Crippen LogP contribution >= 0.6 is 23.1 Å². The molecule has 3 rings (SSSR count). The summed E-state index contributed by atoms with van der Waals surface area (Å²) >= 11 is 2.94. The van der Waals surface area contributed by atoms with Crippen LogP contribution in [0.3, 0.4) is 0 Å². The Balaban J connectivity index is 2.12. The van der Waals surface area contributed by atoms with E-state index in [1.165, 1.54) is 24.4 Å². The average Bonchev–Trinajstić information content (AvgIpc) is 3.17. The molecule has 1 aliphatic carbocycles. The van der Waals surface area contributed by atoms with E-state index >= 15 is 0 Å². The summed E-state index contributed by atoms with van der Waals surface area (Å²) in [7, 11) is 1.37. The Morgan fingerprint density at radius 2 is 2.26 bits per heavy atom. The first-order valence-corrected chi connectivity index (χ1v) is 10.9. The van der Waals surface area contributed by atoms with Crippen molar-refractivity contribution in [3.05, 3.63) is 34.3 Å². The summed E-state index contributed by atoms with van der Waals surface area (Å²) < 4.78 is 4.74. The molecular weight excluding hydrogens is 376 g/mol. The zero-order chi connectivity index (χ0) is 19.6. The van der Waals surface area contributed by atoms with Gasteiger partial charge in [-0.25, -0.2) is 4.98 Å². The maximum atomic E-state index is 11.6. The fourth-order valence-electron chi connectivity index (χ4n) is 3.56. The van der Waals surface area contributed by atoms with E-state index in [9.17, 15) is 10.1 Å². The van der Waals surface area contributed by atoms with E-state index in [1.54, 1.807) is 11.3 Å². The lowest BCUT2D eigenvalue weighted by atomic mass is 9.70. The van der Waals surface area contributed by atoms with Gasteiger partial charge in [0, 0.05) is 16.1 Å². The second-order valence-corrected chi connectivity index (χ2v) is 9.76. The van der Waals surface area contributed by atoms with Gasteiger partial charge >= 0.3 is 5.97 Å². The van der Waals surface area contributed by atoms with Crippen molar-refractivity contribution in [2.24, 2.45) is 11.3 Å². The molecule has 1 atom stereocenters. The van der Waals surface area contributed by atoms with Gasteiger partial charge in [0.1, 0.15) is 11.1 Å². The van der Waals surface area contributed by atoms with Gasteiger partial charge in [-0.1, -0.05) is 38.6 Å². The number of esters is 1. The molecule has 2 aromatic rings. The third-order valence-electron chi connectivity index (χ3n) is 5.19. The number of fused-ring (bicyclic) bond motifs is 1. The zero-order valence-electron chi connectivity index (χ0n) is 16.2. The lowest BCUT2D eigenvalue weighted by Crippen LogP contribution is -2.28. The summed E-state index contributed by atoms with van der Waals surface area (Å²) in [4.78, 5) is 17.5. The number of hydrogen-bond acceptors (Lipinski definition) is 6. The first-order chi connectivity index (χ1) is 12.8. The maximum absolute atomic E-state index is 11.6. The first-order valence-electron chi connectivity index (χ1n) is 9.04. The summed E-state index contributed by atoms with van der Waals surface area (Å²) in [6, 6.07) is 6.45. The van der Waals surface area contributed by atoms with Gasteiger partial charge < -0.3 is 4.74 Å². The number of nitrogens with zero attached hydrogens (tertiary/aromatic N) is 2. The third kappa shape index (κ3) is 4.20. The number of thiophene rings is 1. The number of aromatic nitrogens is 1. The number of ether oxygens (including phenoxy) is 1. The van der Waals surface area contributed by atoms with E-state index in [2.05, 4.69) is 32.9 Å². The fraction of sp³-hybridized carbons (Fsp3) is 0.476. The minimum Gasteiger partial charge on any atom is -0.468 e. The molecule has 4 nitrogen and oxygen atoms in total. The van der Waals surface area contributed by atoms with Crippen molar-refractivity contribution in [3.8, 4) is 16.5 Å². The molecular formula is C21H24N2O2S2. The molecule has 2 heterocycles. The van der Waals surface area contributed by atoms with Crippen LogP contribution in [-0.4, -0.2) is 23.8 Å². The minimum absolute atomic E-state index is 0.158. The number of carbonyl (C=O) groups is 1. The molecule has 0 unspecified atom stereocenters. The Morgan fingerprint density at radius 3 is 2.85 bits per heavy atom. The molecule has 0 N–H and O–H groups in total. The van der Waals surface area contributed by atoms with Gasteiger partial charge in [0.25, 0.3) is 0 Å². The normalized spacial score (nSPS) is 16.5. The van der Waals surface area contributed by atoms with Crippen molar-refractivity contribution in [1.29, 1.82) is 5.26 Å². The molecule has 0 spiro atoms. The maximum Gasteiger partial charge on any atom is 0.316 e. The van der Waals surface area contributed by atoms with Crippen LogP contribution in [0.4, 0.5) is 0 Å². The van der Waals surface area contributed by atoms with Crippen LogP contribution in [0.5, 0.6) is 0 Å². The molecule has 142 valence electrons. The van der Waals surface area contributed by atoms with Crippen LogP contribution in [0.15, 0.2) is 22.5 Å². The third-order valence-corrected chi connectivity index (χ3v) is 7.03. The number of carbonyl (C=O) groups excluding carboxylic acids is 1. The highest BCUT2D eigenvalue weighted by Crippen LogP contribution is 2.44. The highest BCUT2D eigenvalue weighted by molar-refractivity contribution is 7.99. The number of methoxy groups -OCH3 is 1. The van der Waals surface area contributed by atoms with Crippen molar-refractivity contribution in [1.82, 2.24) is 4.98 Å². The second-order valence-electron chi connectivity index (χ2n) is 7.85. The number of rotatable bonds is 4. The Hall–Kier alpha value is -1.84. The minimum atomic E-state index is -0.311. The molecule has 0 aliphatic heterocycles. The van der Waals surface area contributed by atoms with Crippen LogP contribution in [0.1, 0.15) is 44.0 Å². The Labute approximate surface area is 169 Å². The summed E-state index contributed by atoms with van der Waals surface area (Å²) in [5.41, 5.74) is 4.10. The van der Waals surface area contributed by atoms with E-state index in [-0.39, 0.29) is 17.1 Å². The van der Waals surface area contributed by atoms with Crippen molar-refractivity contribution in [3.63, 3.8) is 0 Å². The van der Waals surface area contributed by atoms with E-state index < -0.39 is 0 Å². The molecule has 1 aliphatic rings. The Bertz CT molecular complexity index is 877. The van der Waals surface area contributed by atoms with Gasteiger partial charge in [0.2, 0.25) is 0 Å². The molecule has 0 saturated carbocycles. The molecule has 0 amide bonds. The number of nitriles is 1. The molecule has 0 radical (unpaired) electrons. The van der Waals surface area contributed by atoms with E-state index in [4.69, 9.17) is 9.72 Å². The Morgan fingerprint density at radius 1 is 1.48 bits per heavy atom. The van der Waals surface area contributed by atoms with Gasteiger partial charge in [-0.2, -0.15) is 5.26 Å². The number of hydrogen-bond donors (Lipinski definition) is 0. The summed E-state index contributed by atoms with van der Waals surface area (Å²) in [6.07, 6.45) is 2.95. The molecule has 0 aromatic carbocycles. The number of aryl methyl sites for hydroxylation is 1. The van der Waals surface area contributed by atoms with Crippen molar-refractivity contribution < 1.29 is 9.53 Å². The van der Waals surface area contributed by atoms with Crippen molar-refractivity contribution in [2.45, 2.75) is 45.1 Å². The highest BCUT2D eigenvalue weighted by atomic mass is 32.2. The molecule has 27 heavy (non-hydrogen) atoms. The SMILES string of the molecule is COC(=O)CSc1nc2c(c(-c3cccs3)c1C#N)C[C@@H](C(C)(C)C)CC2. The monoisotopic (exact) mass is 400 g/mol. The Kier molecular flexibility index (Phi) is 5.92. The lowest BCUT2D eigenvalue weighted by molar-refractivity contribution is -0.137. The van der Waals surface area contributed by atoms with E-state index in [0.29, 0.717) is 16.5 Å². The van der Waals surface area contributed by atoms with Crippen molar-refractivity contribution >= 4 is 29.1 Å². The fourth-order valence-corrected chi connectivity index (χ4v) is 5.20. The standard InChI is InChI=1S/C21H24N2O2S2/c1-21(2,3)13-7-8-16-14(10-13)19(17-6-5-9-26-17)15(11-22)20(23-16)27-12-18(24)25-4/h5-6,9,13H,7-8,10,12H2,1-4H3/t13-/m0/s1. The summed E-state index contributed by atoms with van der Waals surface area (Å²) in [6.45, 7) is 6.85. The van der Waals surface area contributed by atoms with Gasteiger partial charge in [-0.15, -0.1) is 11.3 Å². The van der Waals surface area contributed by atoms with Crippen molar-refractivity contribution in [2.75, 3.05) is 12.9 Å². The number of thioether (sulfide) groups is 1. The van der Waals surface area contributed by atoms with Crippen LogP contribution < -0.4 is 0 Å². The largest absolute Gasteiger partial charge is 0.468 e. The summed E-state index contributed by atoms with van der Waals surface area (Å²) in [5.74, 6) is 0.408. The molecule has 0 fully saturated rings. The molecule has 0 saturated heterocycles. The predicted molar refractivity (Wildman–Crippen MR) is 110 cm³/mol. The number of pyridine rings is 1. The highest BCUT2D eigenvalue weighted by Gasteiger charge is 2.33. The van der Waals surface area contributed by atoms with Gasteiger partial charge in [0.05, 0.1) is 18.4 Å². The van der Waals surface area contributed by atoms with Gasteiger partial charge in [-0.3, -0.25) is 4.79 Å². The molecule has 0 bridgehead atoms. The van der Waals surface area contributed by atoms with Gasteiger partial charge in [0.15, 0.2) is 0 Å². The summed E-state index contributed by atoms with van der Waals surface area (Å²) in [5, 5.41) is 12.6. The van der Waals surface area contributed by atoms with Gasteiger partial charge in [-0.05, 0) is 47.6 Å². The predicted octanol–water partition coefficient (Wildman–Crippen LogP) is 5.10. The lowest BCUT2D eigenvalue weighted by Gasteiger charge is -2.35. The average molecular weight is 401 g/mol. The quantitative estimate of drug-likeness (QED) is 0.528. The van der Waals surface area contributed by atoms with Crippen LogP contribution in [-0.2, 0) is 22.4 Å². The first kappa shape index (κ1) is 19.9. The van der Waals surface area contributed by atoms with Crippen LogP contribution in [0, 0.1) is 22.7 Å². The second kappa shape index (κ2) is 8.04. The zero-order valence-corrected chi connectivity index (χ0v) is 17.8. The topological polar surface area (TPSA) is 63.0 Å².